The summed E-state index contributed by atoms with van der Waals surface area (Å²) in [5.74, 6) is 0.606. The molecule has 1 aliphatic rings. The highest BCUT2D eigenvalue weighted by Crippen LogP contribution is 2.30. The van der Waals surface area contributed by atoms with Crippen LogP contribution in [0.3, 0.4) is 0 Å². The topological polar surface area (TPSA) is 128 Å². The molecule has 1 saturated carbocycles. The minimum atomic E-state index is -0.361. The zero-order valence-corrected chi connectivity index (χ0v) is 21.0. The Balaban J connectivity index is 1.24. The maximum absolute atomic E-state index is 12.1. The number of likely N-dealkylation sites (N-methyl/N-ethyl adjacent to an activating group) is 1. The molecule has 12 nitrogen and oxygen atoms in total. The van der Waals surface area contributed by atoms with Crippen molar-refractivity contribution in [3.63, 3.8) is 0 Å². The Bertz CT molecular complexity index is 1620. The van der Waals surface area contributed by atoms with Gasteiger partial charge in [0.15, 0.2) is 17.1 Å². The molecule has 0 radical (unpaired) electrons. The lowest BCUT2D eigenvalue weighted by Crippen LogP contribution is -2.25. The van der Waals surface area contributed by atoms with E-state index in [1.54, 1.807) is 21.6 Å². The summed E-state index contributed by atoms with van der Waals surface area (Å²) in [6.45, 7) is 0.568. The van der Waals surface area contributed by atoms with E-state index in [1.165, 1.54) is 11.8 Å². The fraction of sp³-hybridized carbons (Fsp3) is 0.292. The van der Waals surface area contributed by atoms with Crippen LogP contribution in [0.5, 0.6) is 0 Å². The highest BCUT2D eigenvalue weighted by atomic mass is 32.2. The zero-order chi connectivity index (χ0) is 25.5. The van der Waals surface area contributed by atoms with Gasteiger partial charge in [-0.05, 0) is 63.0 Å². The van der Waals surface area contributed by atoms with Crippen molar-refractivity contribution in [2.45, 2.75) is 29.1 Å². The molecule has 1 aliphatic carbocycles. The third-order valence-corrected chi connectivity index (χ3v) is 6.93. The minimum absolute atomic E-state index is 0.00802. The van der Waals surface area contributed by atoms with Gasteiger partial charge >= 0.3 is 0 Å². The van der Waals surface area contributed by atoms with Crippen LogP contribution in [0.25, 0.3) is 22.4 Å². The lowest BCUT2D eigenvalue weighted by Gasteiger charge is -2.15. The third kappa shape index (κ3) is 4.82. The van der Waals surface area contributed by atoms with Gasteiger partial charge in [-0.15, -0.1) is 10.2 Å². The number of anilines is 1. The first kappa shape index (κ1) is 23.3. The van der Waals surface area contributed by atoms with Crippen LogP contribution >= 0.6 is 11.8 Å². The number of carbonyl (C=O) groups is 2. The standard InChI is InChI=1S/C24H24N10O2S/c1-31(2)12-18(14-35)33-11-17(9-25-33)16-5-6-21-28-29-24(32(21)10-16)37-22-8-7-20-26-19(13-34(20)30-22)27-23(36)15-3-4-15/h5-11,13-15,18H,3-4,12H2,1-2H3,(H,27,36). The van der Waals surface area contributed by atoms with Crippen LogP contribution in [0, 0.1) is 5.92 Å². The van der Waals surface area contributed by atoms with Gasteiger partial charge < -0.3 is 15.0 Å². The van der Waals surface area contributed by atoms with Crippen LogP contribution in [0.15, 0.2) is 59.2 Å². The first-order chi connectivity index (χ1) is 18.0. The number of aldehydes is 1. The van der Waals surface area contributed by atoms with Crippen LogP contribution in [0.1, 0.15) is 18.9 Å². The van der Waals surface area contributed by atoms with Crippen molar-refractivity contribution in [1.82, 2.24) is 43.9 Å². The lowest BCUT2D eigenvalue weighted by atomic mass is 10.2. The predicted molar refractivity (Wildman–Crippen MR) is 136 cm³/mol. The van der Waals surface area contributed by atoms with Crippen LogP contribution in [-0.2, 0) is 9.59 Å². The summed E-state index contributed by atoms with van der Waals surface area (Å²) in [7, 11) is 3.84. The molecule has 0 bridgehead atoms. The van der Waals surface area contributed by atoms with Gasteiger partial charge in [0.2, 0.25) is 11.1 Å². The van der Waals surface area contributed by atoms with Crippen molar-refractivity contribution >= 4 is 41.1 Å². The number of hydrogen-bond donors (Lipinski definition) is 1. The molecule has 0 aromatic carbocycles. The van der Waals surface area contributed by atoms with E-state index in [0.717, 1.165) is 30.3 Å². The van der Waals surface area contributed by atoms with Crippen LogP contribution in [-0.4, -0.2) is 76.7 Å². The third-order valence-electron chi connectivity index (χ3n) is 6.05. The van der Waals surface area contributed by atoms with Crippen molar-refractivity contribution in [2.24, 2.45) is 5.92 Å². The summed E-state index contributed by atoms with van der Waals surface area (Å²) in [6, 6.07) is 7.19. The molecule has 1 unspecified atom stereocenters. The van der Waals surface area contributed by atoms with Gasteiger partial charge in [-0.2, -0.15) is 10.2 Å². The maximum Gasteiger partial charge on any atom is 0.228 e. The monoisotopic (exact) mass is 516 g/mol. The lowest BCUT2D eigenvalue weighted by molar-refractivity contribution is -0.117. The molecule has 1 amide bonds. The highest BCUT2D eigenvalue weighted by molar-refractivity contribution is 7.99. The molecule has 1 fully saturated rings. The largest absolute Gasteiger partial charge is 0.309 e. The van der Waals surface area contributed by atoms with Gasteiger partial charge in [-0.3, -0.25) is 13.9 Å². The number of rotatable bonds is 9. The van der Waals surface area contributed by atoms with E-state index in [9.17, 15) is 9.59 Å². The van der Waals surface area contributed by atoms with Crippen molar-refractivity contribution in [2.75, 3.05) is 26.0 Å². The highest BCUT2D eigenvalue weighted by Gasteiger charge is 2.30. The number of nitrogens with zero attached hydrogens (tertiary/aromatic N) is 9. The number of hydrogen-bond acceptors (Lipinski definition) is 9. The second-order valence-corrected chi connectivity index (χ2v) is 10.3. The smallest absolute Gasteiger partial charge is 0.228 e. The van der Waals surface area contributed by atoms with E-state index in [2.05, 4.69) is 30.7 Å². The Hall–Kier alpha value is -4.10. The molecule has 0 spiro atoms. The number of aromatic nitrogens is 8. The molecule has 0 saturated heterocycles. The minimum Gasteiger partial charge on any atom is -0.309 e. The quantitative estimate of drug-likeness (QED) is 0.294. The zero-order valence-electron chi connectivity index (χ0n) is 20.2. The second-order valence-electron chi connectivity index (χ2n) is 9.27. The summed E-state index contributed by atoms with van der Waals surface area (Å²) in [5, 5.41) is 21.8. The number of imidazole rings is 1. The van der Waals surface area contributed by atoms with Crippen LogP contribution in [0.2, 0.25) is 0 Å². The SMILES string of the molecule is CN(C)CC(C=O)n1cc(-c2ccc3nnc(Sc4ccc5nc(NC(=O)C6CC6)cn5n4)n3c2)cn1. The summed E-state index contributed by atoms with van der Waals surface area (Å²) >= 11 is 1.37. The first-order valence-electron chi connectivity index (χ1n) is 11.8. The fourth-order valence-electron chi connectivity index (χ4n) is 3.99. The molecule has 5 heterocycles. The van der Waals surface area contributed by atoms with Gasteiger partial charge in [0.05, 0.1) is 12.4 Å². The Morgan fingerprint density at radius 2 is 1.97 bits per heavy atom. The molecule has 1 N–H and O–H groups in total. The molecule has 6 rings (SSSR count). The van der Waals surface area contributed by atoms with Crippen molar-refractivity contribution in [1.29, 1.82) is 0 Å². The molecule has 1 atom stereocenters. The van der Waals surface area contributed by atoms with Gasteiger partial charge in [-0.1, -0.05) is 0 Å². The van der Waals surface area contributed by atoms with Crippen LogP contribution < -0.4 is 5.32 Å². The normalized spacial score (nSPS) is 14.5. The van der Waals surface area contributed by atoms with Gasteiger partial charge in [0.1, 0.15) is 17.4 Å². The van der Waals surface area contributed by atoms with Crippen molar-refractivity contribution in [3.8, 4) is 11.1 Å². The predicted octanol–water partition coefficient (Wildman–Crippen LogP) is 2.44. The Morgan fingerprint density at radius 3 is 2.76 bits per heavy atom. The molecular formula is C24H24N10O2S. The van der Waals surface area contributed by atoms with Crippen LogP contribution in [0.4, 0.5) is 5.82 Å². The van der Waals surface area contributed by atoms with Crippen molar-refractivity contribution < 1.29 is 9.59 Å². The summed E-state index contributed by atoms with van der Waals surface area (Å²) in [4.78, 5) is 30.0. The molecule has 13 heteroatoms. The summed E-state index contributed by atoms with van der Waals surface area (Å²) in [6.07, 6.45) is 10.0. The fourth-order valence-corrected chi connectivity index (χ4v) is 4.77. The Labute approximate surface area is 215 Å². The summed E-state index contributed by atoms with van der Waals surface area (Å²) in [5.41, 5.74) is 3.15. The molecule has 188 valence electrons. The molecule has 37 heavy (non-hydrogen) atoms. The Morgan fingerprint density at radius 1 is 1.14 bits per heavy atom. The second kappa shape index (κ2) is 9.41. The molecule has 0 aliphatic heterocycles. The van der Waals surface area contributed by atoms with Crippen molar-refractivity contribution in [3.05, 3.63) is 49.1 Å². The average molecular weight is 517 g/mol. The maximum atomic E-state index is 12.1. The average Bonchev–Trinajstić information content (AvgIpc) is 3.30. The van der Waals surface area contributed by atoms with Gasteiger partial charge in [0.25, 0.3) is 0 Å². The van der Waals surface area contributed by atoms with E-state index in [0.29, 0.717) is 33.8 Å². The number of pyridine rings is 1. The number of nitrogens with one attached hydrogen (secondary N) is 1. The van der Waals surface area contributed by atoms with E-state index in [1.807, 2.05) is 60.1 Å². The van der Waals surface area contributed by atoms with Gasteiger partial charge in [0, 0.05) is 36.0 Å². The number of fused-ring (bicyclic) bond motifs is 2. The van der Waals surface area contributed by atoms with E-state index >= 15 is 0 Å². The van der Waals surface area contributed by atoms with Gasteiger partial charge in [-0.25, -0.2) is 9.50 Å². The van der Waals surface area contributed by atoms with E-state index in [-0.39, 0.29) is 17.9 Å². The number of amides is 1. The van der Waals surface area contributed by atoms with E-state index in [4.69, 9.17) is 0 Å². The van der Waals surface area contributed by atoms with E-state index < -0.39 is 0 Å². The number of carbonyl (C=O) groups excluding carboxylic acids is 2. The molecular weight excluding hydrogens is 492 g/mol. The Kier molecular flexibility index (Phi) is 5.93. The first-order valence-corrected chi connectivity index (χ1v) is 12.6. The molecule has 5 aromatic heterocycles. The summed E-state index contributed by atoms with van der Waals surface area (Å²) < 4.78 is 5.22. The molecule has 5 aromatic rings.